The molecule has 2 N–H and O–H groups in total. The Labute approximate surface area is 181 Å². The van der Waals surface area contributed by atoms with E-state index in [1.807, 2.05) is 0 Å². The van der Waals surface area contributed by atoms with E-state index in [-0.39, 0.29) is 18.2 Å². The van der Waals surface area contributed by atoms with Crippen LogP contribution in [0.2, 0.25) is 0 Å². The quantitative estimate of drug-likeness (QED) is 0.617. The first-order chi connectivity index (χ1) is 14.9. The average molecular weight is 431 g/mol. The highest BCUT2D eigenvalue weighted by molar-refractivity contribution is 5.91. The first kappa shape index (κ1) is 22.6. The smallest absolute Gasteiger partial charge is 0.227 e. The number of anilines is 1. The van der Waals surface area contributed by atoms with Gasteiger partial charge in [0.25, 0.3) is 0 Å². The lowest BCUT2D eigenvalue weighted by atomic mass is 9.89. The molecule has 2 amide bonds. The van der Waals surface area contributed by atoms with Crippen LogP contribution < -0.4 is 20.1 Å². The van der Waals surface area contributed by atoms with Gasteiger partial charge in [-0.25, -0.2) is 0 Å². The van der Waals surface area contributed by atoms with Gasteiger partial charge >= 0.3 is 0 Å². The van der Waals surface area contributed by atoms with Crippen molar-refractivity contribution in [2.45, 2.75) is 63.8 Å². The minimum Gasteiger partial charge on any atom is -0.497 e. The lowest BCUT2D eigenvalue weighted by Gasteiger charge is -2.30. The van der Waals surface area contributed by atoms with E-state index < -0.39 is 5.54 Å². The third-order valence-electron chi connectivity index (χ3n) is 5.47. The van der Waals surface area contributed by atoms with Crippen molar-refractivity contribution in [2.24, 2.45) is 0 Å². The van der Waals surface area contributed by atoms with Crippen LogP contribution >= 0.6 is 0 Å². The van der Waals surface area contributed by atoms with Crippen LogP contribution in [0.3, 0.4) is 0 Å². The number of amides is 2. The minimum atomic E-state index is -0.594. The largest absolute Gasteiger partial charge is 0.497 e. The maximum absolute atomic E-state index is 12.4. The van der Waals surface area contributed by atoms with Gasteiger partial charge in [-0.3, -0.25) is 9.59 Å². The highest BCUT2D eigenvalue weighted by Crippen LogP contribution is 2.34. The fourth-order valence-electron chi connectivity index (χ4n) is 3.95. The second kappa shape index (κ2) is 10.3. The molecule has 168 valence electrons. The predicted octanol–water partition coefficient (Wildman–Crippen LogP) is 3.34. The normalized spacial score (nSPS) is 15.6. The summed E-state index contributed by atoms with van der Waals surface area (Å²) in [6, 6.07) is 5.16. The van der Waals surface area contributed by atoms with Crippen LogP contribution in [0, 0.1) is 0 Å². The Balaban J connectivity index is 1.64. The highest BCUT2D eigenvalue weighted by Gasteiger charge is 2.38. The molecule has 0 radical (unpaired) electrons. The first-order valence-electron chi connectivity index (χ1n) is 10.6. The molecule has 1 saturated carbocycles. The molecule has 0 aliphatic heterocycles. The minimum absolute atomic E-state index is 0.110. The average Bonchev–Trinajstić information content (AvgIpc) is 3.11. The molecule has 3 rings (SSSR count). The van der Waals surface area contributed by atoms with Gasteiger partial charge in [-0.15, -0.1) is 0 Å². The molecule has 1 fully saturated rings. The summed E-state index contributed by atoms with van der Waals surface area (Å²) < 4.78 is 15.8. The standard InChI is InChI=1S/C22H30N4O5/c1-15(27)25-22(10-6-4-5-7-11-22)21-24-20(31-26-21)9-8-19(28)23-16-12-17(29-2)14-18(13-16)30-3/h12-14H,4-11H2,1-3H3,(H,23,28)(H,25,27). The Morgan fingerprint density at radius 3 is 2.29 bits per heavy atom. The number of aromatic nitrogens is 2. The topological polar surface area (TPSA) is 116 Å². The fraction of sp³-hybridized carbons (Fsp3) is 0.545. The number of ether oxygens (including phenoxy) is 2. The number of nitrogens with one attached hydrogen (secondary N) is 2. The number of carbonyl (C=O) groups is 2. The van der Waals surface area contributed by atoms with E-state index in [0.29, 0.717) is 35.3 Å². The van der Waals surface area contributed by atoms with E-state index in [1.54, 1.807) is 32.4 Å². The molecule has 1 aromatic carbocycles. The van der Waals surface area contributed by atoms with Crippen LogP contribution in [0.5, 0.6) is 11.5 Å². The molecule has 0 saturated heterocycles. The molecular formula is C22H30N4O5. The van der Waals surface area contributed by atoms with Crippen LogP contribution in [0.25, 0.3) is 0 Å². The van der Waals surface area contributed by atoms with Crippen LogP contribution in [-0.2, 0) is 21.5 Å². The van der Waals surface area contributed by atoms with Crippen molar-refractivity contribution < 1.29 is 23.6 Å². The number of hydrogen-bond donors (Lipinski definition) is 2. The van der Waals surface area contributed by atoms with Crippen LogP contribution in [0.1, 0.15) is 63.6 Å². The Kier molecular flexibility index (Phi) is 7.49. The molecule has 1 heterocycles. The summed E-state index contributed by atoms with van der Waals surface area (Å²) >= 11 is 0. The van der Waals surface area contributed by atoms with Crippen LogP contribution in [0.4, 0.5) is 5.69 Å². The van der Waals surface area contributed by atoms with Crippen molar-refractivity contribution >= 4 is 17.5 Å². The summed E-state index contributed by atoms with van der Waals surface area (Å²) in [5.41, 5.74) is -0.0146. The molecule has 0 bridgehead atoms. The van der Waals surface area contributed by atoms with Crippen molar-refractivity contribution in [2.75, 3.05) is 19.5 Å². The van der Waals surface area contributed by atoms with Gasteiger partial charge in [-0.05, 0) is 12.8 Å². The van der Waals surface area contributed by atoms with Crippen molar-refractivity contribution in [1.82, 2.24) is 15.5 Å². The summed E-state index contributed by atoms with van der Waals surface area (Å²) in [6.07, 6.45) is 6.29. The molecule has 1 aliphatic carbocycles. The summed E-state index contributed by atoms with van der Waals surface area (Å²) in [6.45, 7) is 1.51. The molecule has 9 heteroatoms. The molecule has 2 aromatic rings. The van der Waals surface area contributed by atoms with Gasteiger partial charge in [-0.1, -0.05) is 30.8 Å². The monoisotopic (exact) mass is 430 g/mol. The van der Waals surface area contributed by atoms with Crippen molar-refractivity contribution in [3.05, 3.63) is 29.9 Å². The molecule has 31 heavy (non-hydrogen) atoms. The molecule has 1 aliphatic rings. The van der Waals surface area contributed by atoms with Crippen LogP contribution in [-0.4, -0.2) is 36.2 Å². The van der Waals surface area contributed by atoms with Gasteiger partial charge < -0.3 is 24.6 Å². The van der Waals surface area contributed by atoms with Gasteiger partial charge in [0.05, 0.1) is 14.2 Å². The molecule has 1 aromatic heterocycles. The number of carbonyl (C=O) groups excluding carboxylic acids is 2. The van der Waals surface area contributed by atoms with E-state index >= 15 is 0 Å². The van der Waals surface area contributed by atoms with E-state index in [0.717, 1.165) is 38.5 Å². The molecular weight excluding hydrogens is 400 g/mol. The summed E-state index contributed by atoms with van der Waals surface area (Å²) in [5, 5.41) is 10.0. The van der Waals surface area contributed by atoms with Gasteiger partial charge in [0, 0.05) is 43.7 Å². The number of aryl methyl sites for hydroxylation is 1. The van der Waals surface area contributed by atoms with Crippen LogP contribution in [0.15, 0.2) is 22.7 Å². The van der Waals surface area contributed by atoms with Gasteiger partial charge in [0.2, 0.25) is 17.7 Å². The number of benzene rings is 1. The Hall–Kier alpha value is -3.10. The summed E-state index contributed by atoms with van der Waals surface area (Å²) in [5.74, 6) is 1.74. The second-order valence-electron chi connectivity index (χ2n) is 7.84. The SMILES string of the molecule is COc1cc(NC(=O)CCc2nc(C3(NC(C)=O)CCCCCC3)no2)cc(OC)c1. The van der Waals surface area contributed by atoms with Crippen molar-refractivity contribution in [3.63, 3.8) is 0 Å². The number of hydrogen-bond acceptors (Lipinski definition) is 7. The van der Waals surface area contributed by atoms with E-state index in [1.165, 1.54) is 6.92 Å². The van der Waals surface area contributed by atoms with E-state index in [4.69, 9.17) is 14.0 Å². The van der Waals surface area contributed by atoms with Gasteiger partial charge in [0.15, 0.2) is 5.82 Å². The third kappa shape index (κ3) is 5.96. The first-order valence-corrected chi connectivity index (χ1v) is 10.6. The zero-order chi connectivity index (χ0) is 22.3. The van der Waals surface area contributed by atoms with Gasteiger partial charge in [0.1, 0.15) is 17.0 Å². The number of rotatable bonds is 8. The molecule has 9 nitrogen and oxygen atoms in total. The molecule has 0 unspecified atom stereocenters. The predicted molar refractivity (Wildman–Crippen MR) is 114 cm³/mol. The zero-order valence-electron chi connectivity index (χ0n) is 18.3. The zero-order valence-corrected chi connectivity index (χ0v) is 18.3. The van der Waals surface area contributed by atoms with Gasteiger partial charge in [-0.2, -0.15) is 4.98 Å². The maximum Gasteiger partial charge on any atom is 0.227 e. The second-order valence-corrected chi connectivity index (χ2v) is 7.84. The fourth-order valence-corrected chi connectivity index (χ4v) is 3.95. The number of methoxy groups -OCH3 is 2. The van der Waals surface area contributed by atoms with E-state index in [2.05, 4.69) is 20.8 Å². The number of nitrogens with zero attached hydrogens (tertiary/aromatic N) is 2. The van der Waals surface area contributed by atoms with E-state index in [9.17, 15) is 9.59 Å². The Morgan fingerprint density at radius 2 is 1.71 bits per heavy atom. The maximum atomic E-state index is 12.4. The highest BCUT2D eigenvalue weighted by atomic mass is 16.5. The molecule has 0 spiro atoms. The van der Waals surface area contributed by atoms with Crippen molar-refractivity contribution in [1.29, 1.82) is 0 Å². The Morgan fingerprint density at radius 1 is 1.06 bits per heavy atom. The molecule has 0 atom stereocenters. The summed E-state index contributed by atoms with van der Waals surface area (Å²) in [4.78, 5) is 28.8. The Bertz CT molecular complexity index is 881. The summed E-state index contributed by atoms with van der Waals surface area (Å²) in [7, 11) is 3.10. The van der Waals surface area contributed by atoms with Crippen molar-refractivity contribution in [3.8, 4) is 11.5 Å². The lowest BCUT2D eigenvalue weighted by molar-refractivity contribution is -0.121. The lowest BCUT2D eigenvalue weighted by Crippen LogP contribution is -2.45. The third-order valence-corrected chi connectivity index (χ3v) is 5.47.